The number of hydrogen-bond donors (Lipinski definition) is 0. The molecule has 0 N–H and O–H groups in total. The van der Waals surface area contributed by atoms with Crippen LogP contribution in [0.4, 0.5) is 0 Å². The molecule has 1 aromatic carbocycles. The van der Waals surface area contributed by atoms with Gasteiger partial charge in [-0.3, -0.25) is 4.63 Å². The van der Waals surface area contributed by atoms with E-state index in [0.29, 0.717) is 40.6 Å². The topological polar surface area (TPSA) is 71.4 Å². The summed E-state index contributed by atoms with van der Waals surface area (Å²) in [4.78, 5) is 0.359. The second-order valence-electron chi connectivity index (χ2n) is 3.59. The number of aromatic nitrogens is 2. The Kier molecular flexibility index (Phi) is 2.05. The summed E-state index contributed by atoms with van der Waals surface area (Å²) in [6.07, 6.45) is 1.88. The summed E-state index contributed by atoms with van der Waals surface area (Å²) >= 11 is 0. The molecule has 0 spiro atoms. The zero-order valence-electron chi connectivity index (χ0n) is 8.51. The molecule has 0 saturated carbocycles. The van der Waals surface area contributed by atoms with Crippen LogP contribution in [0.3, 0.4) is 0 Å². The standard InChI is InChI=1S/C10H10N2O4/c13-12-7-3-4-8-10(9(7)11-16-12)15-6-2-1-5-14-8/h3-4H,1-2,5-6H2. The van der Waals surface area contributed by atoms with Gasteiger partial charge in [0.05, 0.1) is 18.4 Å². The Balaban J connectivity index is 2.18. The minimum atomic E-state index is 0.350. The van der Waals surface area contributed by atoms with Crippen LogP contribution in [0.25, 0.3) is 11.0 Å². The lowest BCUT2D eigenvalue weighted by molar-refractivity contribution is -0.782. The van der Waals surface area contributed by atoms with Crippen molar-refractivity contribution in [1.82, 2.24) is 5.16 Å². The summed E-state index contributed by atoms with van der Waals surface area (Å²) < 4.78 is 15.6. The third-order valence-electron chi connectivity index (χ3n) is 2.52. The highest BCUT2D eigenvalue weighted by molar-refractivity contribution is 5.81. The highest BCUT2D eigenvalue weighted by atomic mass is 16.8. The molecule has 84 valence electrons. The van der Waals surface area contributed by atoms with Crippen molar-refractivity contribution in [3.63, 3.8) is 0 Å². The van der Waals surface area contributed by atoms with Gasteiger partial charge in [-0.15, -0.1) is 0 Å². The molecule has 0 radical (unpaired) electrons. The molecular weight excluding hydrogens is 212 g/mol. The number of benzene rings is 1. The average Bonchev–Trinajstić information content (AvgIpc) is 2.61. The van der Waals surface area contributed by atoms with Crippen molar-refractivity contribution in [3.8, 4) is 11.5 Å². The number of ether oxygens (including phenoxy) is 2. The Morgan fingerprint density at radius 2 is 2.00 bits per heavy atom. The fourth-order valence-corrected chi connectivity index (χ4v) is 1.71. The zero-order chi connectivity index (χ0) is 11.0. The fourth-order valence-electron chi connectivity index (χ4n) is 1.71. The lowest BCUT2D eigenvalue weighted by Crippen LogP contribution is -2.22. The minimum Gasteiger partial charge on any atom is -0.490 e. The van der Waals surface area contributed by atoms with Gasteiger partial charge in [0.1, 0.15) is 0 Å². The zero-order valence-corrected chi connectivity index (χ0v) is 8.51. The summed E-state index contributed by atoms with van der Waals surface area (Å²) in [7, 11) is 0. The first kappa shape index (κ1) is 9.26. The Morgan fingerprint density at radius 1 is 1.19 bits per heavy atom. The smallest absolute Gasteiger partial charge is 0.294 e. The van der Waals surface area contributed by atoms with E-state index < -0.39 is 0 Å². The van der Waals surface area contributed by atoms with Gasteiger partial charge in [0, 0.05) is 0 Å². The van der Waals surface area contributed by atoms with E-state index in [1.165, 1.54) is 0 Å². The van der Waals surface area contributed by atoms with Crippen LogP contribution in [0.5, 0.6) is 11.5 Å². The summed E-state index contributed by atoms with van der Waals surface area (Å²) in [5.74, 6) is 1.11. The van der Waals surface area contributed by atoms with Crippen LogP contribution in [0.15, 0.2) is 16.8 Å². The first-order valence-corrected chi connectivity index (χ1v) is 5.14. The van der Waals surface area contributed by atoms with Gasteiger partial charge in [0.25, 0.3) is 5.52 Å². The Bertz CT molecular complexity index is 523. The highest BCUT2D eigenvalue weighted by Gasteiger charge is 2.21. The van der Waals surface area contributed by atoms with Crippen molar-refractivity contribution < 1.29 is 19.0 Å². The quantitative estimate of drug-likeness (QED) is 0.622. The Hall–Kier alpha value is -1.98. The molecular formula is C10H10N2O4. The van der Waals surface area contributed by atoms with Crippen molar-refractivity contribution in [1.29, 1.82) is 0 Å². The molecule has 1 aliphatic rings. The molecule has 16 heavy (non-hydrogen) atoms. The maximum Gasteiger partial charge on any atom is 0.294 e. The van der Waals surface area contributed by atoms with Crippen molar-refractivity contribution in [2.45, 2.75) is 12.8 Å². The largest absolute Gasteiger partial charge is 0.490 e. The normalized spacial score (nSPS) is 15.8. The van der Waals surface area contributed by atoms with Crippen LogP contribution in [-0.4, -0.2) is 18.4 Å². The second kappa shape index (κ2) is 3.55. The number of nitrogens with zero attached hydrogens (tertiary/aromatic N) is 2. The average molecular weight is 222 g/mol. The lowest BCUT2D eigenvalue weighted by atomic mass is 10.2. The van der Waals surface area contributed by atoms with Gasteiger partial charge in [-0.2, -0.15) is 0 Å². The SMILES string of the molecule is [O-][n+]1onc2c3c(ccc21)OCCCCO3. The molecule has 0 amide bonds. The molecule has 0 bridgehead atoms. The molecule has 0 fully saturated rings. The van der Waals surface area contributed by atoms with Crippen LogP contribution < -0.4 is 14.4 Å². The van der Waals surface area contributed by atoms with E-state index in [1.54, 1.807) is 12.1 Å². The van der Waals surface area contributed by atoms with Crippen LogP contribution in [0.1, 0.15) is 12.8 Å². The van der Waals surface area contributed by atoms with Crippen LogP contribution in [-0.2, 0) is 0 Å². The molecule has 3 rings (SSSR count). The van der Waals surface area contributed by atoms with Gasteiger partial charge in [0.15, 0.2) is 5.75 Å². The van der Waals surface area contributed by atoms with E-state index in [-0.39, 0.29) is 0 Å². The van der Waals surface area contributed by atoms with E-state index in [2.05, 4.69) is 9.79 Å². The van der Waals surface area contributed by atoms with Crippen molar-refractivity contribution in [2.75, 3.05) is 13.2 Å². The van der Waals surface area contributed by atoms with E-state index >= 15 is 0 Å². The summed E-state index contributed by atoms with van der Waals surface area (Å²) in [6.45, 7) is 1.25. The molecule has 0 aliphatic carbocycles. The summed E-state index contributed by atoms with van der Waals surface area (Å²) in [5.41, 5.74) is 0.761. The van der Waals surface area contributed by atoms with Gasteiger partial charge < -0.3 is 14.7 Å². The Morgan fingerprint density at radius 3 is 2.88 bits per heavy atom. The highest BCUT2D eigenvalue weighted by Crippen LogP contribution is 2.34. The third-order valence-corrected chi connectivity index (χ3v) is 2.52. The summed E-state index contributed by atoms with van der Waals surface area (Å²) in [5, 5.41) is 14.9. The van der Waals surface area contributed by atoms with Gasteiger partial charge in [-0.05, 0) is 29.9 Å². The van der Waals surface area contributed by atoms with Gasteiger partial charge in [0.2, 0.25) is 11.3 Å². The van der Waals surface area contributed by atoms with Crippen molar-refractivity contribution in [2.24, 2.45) is 0 Å². The predicted octanol–water partition coefficient (Wildman–Crippen LogP) is 1.01. The molecule has 2 aromatic rings. The summed E-state index contributed by atoms with van der Waals surface area (Å²) in [6, 6.07) is 3.32. The maximum absolute atomic E-state index is 11.2. The number of fused-ring (bicyclic) bond motifs is 3. The van der Waals surface area contributed by atoms with Crippen LogP contribution in [0.2, 0.25) is 0 Å². The fraction of sp³-hybridized carbons (Fsp3) is 0.400. The molecule has 2 heterocycles. The van der Waals surface area contributed by atoms with Crippen molar-refractivity contribution >= 4 is 11.0 Å². The molecule has 6 heteroatoms. The second-order valence-corrected chi connectivity index (χ2v) is 3.59. The molecule has 6 nitrogen and oxygen atoms in total. The van der Waals surface area contributed by atoms with Gasteiger partial charge in [-0.25, -0.2) is 0 Å². The maximum atomic E-state index is 11.2. The molecule has 1 aromatic heterocycles. The molecule has 0 atom stereocenters. The number of hydrogen-bond acceptors (Lipinski definition) is 5. The monoisotopic (exact) mass is 222 g/mol. The van der Waals surface area contributed by atoms with E-state index in [9.17, 15) is 5.21 Å². The minimum absolute atomic E-state index is 0.350. The molecule has 1 aliphatic heterocycles. The predicted molar refractivity (Wildman–Crippen MR) is 53.2 cm³/mol. The first-order chi connectivity index (χ1) is 7.86. The van der Waals surface area contributed by atoms with E-state index in [0.717, 1.165) is 12.8 Å². The lowest BCUT2D eigenvalue weighted by Gasteiger charge is -2.14. The van der Waals surface area contributed by atoms with Gasteiger partial charge in [-0.1, -0.05) is 0 Å². The van der Waals surface area contributed by atoms with Gasteiger partial charge >= 0.3 is 0 Å². The molecule has 0 unspecified atom stereocenters. The third kappa shape index (κ3) is 1.34. The van der Waals surface area contributed by atoms with Crippen LogP contribution in [0, 0.1) is 5.21 Å². The Labute approximate surface area is 90.9 Å². The van der Waals surface area contributed by atoms with E-state index in [1.807, 2.05) is 0 Å². The molecule has 0 saturated heterocycles. The first-order valence-electron chi connectivity index (χ1n) is 5.14. The number of rotatable bonds is 0. The van der Waals surface area contributed by atoms with E-state index in [4.69, 9.17) is 9.47 Å². The van der Waals surface area contributed by atoms with Crippen molar-refractivity contribution in [3.05, 3.63) is 17.3 Å². The van der Waals surface area contributed by atoms with Crippen LogP contribution >= 0.6 is 0 Å².